The molecule has 0 saturated heterocycles. The number of hydrogen-bond donors (Lipinski definition) is 2. The van der Waals surface area contributed by atoms with Gasteiger partial charge in [-0.25, -0.2) is 0 Å². The van der Waals surface area contributed by atoms with Gasteiger partial charge in [0.25, 0.3) is 11.8 Å². The summed E-state index contributed by atoms with van der Waals surface area (Å²) in [5.41, 5.74) is 1.75. The van der Waals surface area contributed by atoms with Crippen molar-refractivity contribution < 1.29 is 14.3 Å². The SMILES string of the molecule is CCCNC(=O)c1ccccc1NC(=O)COc1ccc(Cl)c(C)c1. The van der Waals surface area contributed by atoms with Gasteiger partial charge in [-0.1, -0.05) is 30.7 Å². The first kappa shape index (κ1) is 18.8. The van der Waals surface area contributed by atoms with E-state index in [0.717, 1.165) is 12.0 Å². The fraction of sp³-hybridized carbons (Fsp3) is 0.263. The Morgan fingerprint density at radius 3 is 2.64 bits per heavy atom. The first-order valence-electron chi connectivity index (χ1n) is 8.07. The molecule has 0 aliphatic rings. The zero-order valence-corrected chi connectivity index (χ0v) is 15.0. The number of carbonyl (C=O) groups is 2. The van der Waals surface area contributed by atoms with E-state index < -0.39 is 0 Å². The van der Waals surface area contributed by atoms with Crippen LogP contribution in [0.5, 0.6) is 5.75 Å². The number of rotatable bonds is 7. The Bertz CT molecular complexity index is 762. The number of carbonyl (C=O) groups excluding carboxylic acids is 2. The number of anilines is 1. The molecule has 0 aliphatic carbocycles. The predicted octanol–water partition coefficient (Wildman–Crippen LogP) is 3.81. The van der Waals surface area contributed by atoms with Gasteiger partial charge in [0, 0.05) is 11.6 Å². The van der Waals surface area contributed by atoms with Crippen LogP contribution in [0.15, 0.2) is 42.5 Å². The van der Waals surface area contributed by atoms with E-state index >= 15 is 0 Å². The molecule has 0 heterocycles. The lowest BCUT2D eigenvalue weighted by Gasteiger charge is -2.12. The fourth-order valence-corrected chi connectivity index (χ4v) is 2.28. The van der Waals surface area contributed by atoms with Crippen LogP contribution in [-0.2, 0) is 4.79 Å². The molecule has 0 saturated carbocycles. The topological polar surface area (TPSA) is 67.4 Å². The molecular weight excluding hydrogens is 340 g/mol. The fourth-order valence-electron chi connectivity index (χ4n) is 2.17. The second-order valence-corrected chi connectivity index (χ2v) is 5.96. The zero-order chi connectivity index (χ0) is 18.2. The lowest BCUT2D eigenvalue weighted by Crippen LogP contribution is -2.27. The van der Waals surface area contributed by atoms with Crippen LogP contribution in [0.4, 0.5) is 5.69 Å². The average molecular weight is 361 g/mol. The molecule has 0 atom stereocenters. The Morgan fingerprint density at radius 2 is 1.92 bits per heavy atom. The number of benzene rings is 2. The highest BCUT2D eigenvalue weighted by atomic mass is 35.5. The van der Waals surface area contributed by atoms with E-state index in [-0.39, 0.29) is 18.4 Å². The third-order valence-corrected chi connectivity index (χ3v) is 3.90. The molecule has 5 nitrogen and oxygen atoms in total. The maximum atomic E-state index is 12.1. The van der Waals surface area contributed by atoms with Gasteiger partial charge in [-0.05, 0) is 49.2 Å². The highest BCUT2D eigenvalue weighted by Gasteiger charge is 2.13. The lowest BCUT2D eigenvalue weighted by molar-refractivity contribution is -0.118. The van der Waals surface area contributed by atoms with E-state index in [1.54, 1.807) is 42.5 Å². The quantitative estimate of drug-likeness (QED) is 0.789. The Balaban J connectivity index is 1.98. The van der Waals surface area contributed by atoms with Gasteiger partial charge >= 0.3 is 0 Å². The van der Waals surface area contributed by atoms with Crippen molar-refractivity contribution in [3.05, 3.63) is 58.6 Å². The predicted molar refractivity (Wildman–Crippen MR) is 99.4 cm³/mol. The van der Waals surface area contributed by atoms with Crippen molar-refractivity contribution in [1.82, 2.24) is 5.32 Å². The number of ether oxygens (including phenoxy) is 1. The Morgan fingerprint density at radius 1 is 1.16 bits per heavy atom. The summed E-state index contributed by atoms with van der Waals surface area (Å²) >= 11 is 5.96. The molecule has 0 aromatic heterocycles. The monoisotopic (exact) mass is 360 g/mol. The maximum absolute atomic E-state index is 12.1. The number of aryl methyl sites for hydroxylation is 1. The molecule has 2 rings (SSSR count). The van der Waals surface area contributed by atoms with Crippen LogP contribution < -0.4 is 15.4 Å². The van der Waals surface area contributed by atoms with Crippen LogP contribution in [0.25, 0.3) is 0 Å². The second-order valence-electron chi connectivity index (χ2n) is 5.55. The number of para-hydroxylation sites is 1. The van der Waals surface area contributed by atoms with Crippen molar-refractivity contribution in [1.29, 1.82) is 0 Å². The summed E-state index contributed by atoms with van der Waals surface area (Å²) in [7, 11) is 0. The molecule has 0 radical (unpaired) electrons. The minimum absolute atomic E-state index is 0.161. The summed E-state index contributed by atoms with van der Waals surface area (Å²) in [4.78, 5) is 24.3. The van der Waals surface area contributed by atoms with Gasteiger partial charge in [0.15, 0.2) is 6.61 Å². The molecule has 25 heavy (non-hydrogen) atoms. The van der Waals surface area contributed by atoms with E-state index in [9.17, 15) is 9.59 Å². The van der Waals surface area contributed by atoms with Gasteiger partial charge in [-0.2, -0.15) is 0 Å². The highest BCUT2D eigenvalue weighted by Crippen LogP contribution is 2.21. The first-order valence-corrected chi connectivity index (χ1v) is 8.45. The van der Waals surface area contributed by atoms with E-state index in [0.29, 0.717) is 28.6 Å². The van der Waals surface area contributed by atoms with Crippen molar-refractivity contribution in [2.45, 2.75) is 20.3 Å². The molecular formula is C19H21ClN2O3. The van der Waals surface area contributed by atoms with E-state index in [4.69, 9.17) is 16.3 Å². The summed E-state index contributed by atoms with van der Waals surface area (Å²) in [5.74, 6) is 0.00126. The van der Waals surface area contributed by atoms with Crippen molar-refractivity contribution in [2.75, 3.05) is 18.5 Å². The van der Waals surface area contributed by atoms with Gasteiger partial charge in [0.05, 0.1) is 11.3 Å². The Kier molecular flexibility index (Phi) is 6.83. The van der Waals surface area contributed by atoms with Crippen LogP contribution >= 0.6 is 11.6 Å². The molecule has 0 fully saturated rings. The van der Waals surface area contributed by atoms with Crippen LogP contribution in [0.1, 0.15) is 29.3 Å². The summed E-state index contributed by atoms with van der Waals surface area (Å²) in [6.45, 7) is 4.26. The van der Waals surface area contributed by atoms with E-state index in [2.05, 4.69) is 10.6 Å². The Hall–Kier alpha value is -2.53. The summed E-state index contributed by atoms with van der Waals surface area (Å²) in [6.07, 6.45) is 0.842. The smallest absolute Gasteiger partial charge is 0.262 e. The number of nitrogens with one attached hydrogen (secondary N) is 2. The van der Waals surface area contributed by atoms with Crippen LogP contribution in [0.2, 0.25) is 5.02 Å². The first-order chi connectivity index (χ1) is 12.0. The average Bonchev–Trinajstić information content (AvgIpc) is 2.61. The van der Waals surface area contributed by atoms with Gasteiger partial charge in [-0.15, -0.1) is 0 Å². The van der Waals surface area contributed by atoms with Gasteiger partial charge in [0.1, 0.15) is 5.75 Å². The molecule has 0 unspecified atom stereocenters. The molecule has 2 aromatic carbocycles. The molecule has 132 valence electrons. The normalized spacial score (nSPS) is 10.2. The van der Waals surface area contributed by atoms with Crippen molar-refractivity contribution in [3.63, 3.8) is 0 Å². The third-order valence-electron chi connectivity index (χ3n) is 3.48. The standard InChI is InChI=1S/C19H21ClN2O3/c1-3-10-21-19(24)15-6-4-5-7-17(15)22-18(23)12-25-14-8-9-16(20)13(2)11-14/h4-9,11H,3,10,12H2,1-2H3,(H,21,24)(H,22,23). The molecule has 2 N–H and O–H groups in total. The molecule has 0 bridgehead atoms. The van der Waals surface area contributed by atoms with Crippen LogP contribution in [0, 0.1) is 6.92 Å². The van der Waals surface area contributed by atoms with Gasteiger partial charge in [-0.3, -0.25) is 9.59 Å². The maximum Gasteiger partial charge on any atom is 0.262 e. The number of halogens is 1. The highest BCUT2D eigenvalue weighted by molar-refractivity contribution is 6.31. The summed E-state index contributed by atoms with van der Waals surface area (Å²) < 4.78 is 5.47. The zero-order valence-electron chi connectivity index (χ0n) is 14.3. The van der Waals surface area contributed by atoms with Crippen LogP contribution in [0.3, 0.4) is 0 Å². The molecule has 6 heteroatoms. The Labute approximate surface area is 152 Å². The summed E-state index contributed by atoms with van der Waals surface area (Å²) in [5, 5.41) is 6.15. The lowest BCUT2D eigenvalue weighted by atomic mass is 10.1. The van der Waals surface area contributed by atoms with E-state index in [1.165, 1.54) is 0 Å². The molecule has 2 aromatic rings. The van der Waals surface area contributed by atoms with Gasteiger partial charge < -0.3 is 15.4 Å². The summed E-state index contributed by atoms with van der Waals surface area (Å²) in [6, 6.07) is 12.1. The third kappa shape index (κ3) is 5.50. The van der Waals surface area contributed by atoms with Crippen molar-refractivity contribution >= 4 is 29.1 Å². The molecule has 0 aliphatic heterocycles. The molecule has 2 amide bonds. The second kappa shape index (κ2) is 9.08. The molecule has 0 spiro atoms. The minimum Gasteiger partial charge on any atom is -0.484 e. The minimum atomic E-state index is -0.344. The van der Waals surface area contributed by atoms with Gasteiger partial charge in [0.2, 0.25) is 0 Å². The number of amides is 2. The van der Waals surface area contributed by atoms with Crippen LogP contribution in [-0.4, -0.2) is 25.0 Å². The number of hydrogen-bond acceptors (Lipinski definition) is 3. The van der Waals surface area contributed by atoms with Crippen molar-refractivity contribution in [3.8, 4) is 5.75 Å². The van der Waals surface area contributed by atoms with E-state index in [1.807, 2.05) is 13.8 Å². The van der Waals surface area contributed by atoms with Crippen molar-refractivity contribution in [2.24, 2.45) is 0 Å². The largest absolute Gasteiger partial charge is 0.484 e.